The van der Waals surface area contributed by atoms with Crippen LogP contribution >= 0.6 is 23.3 Å². The minimum absolute atomic E-state index is 0.341. The van der Waals surface area contributed by atoms with Gasteiger partial charge in [-0.05, 0) is 73.8 Å². The molecule has 0 unspecified atom stereocenters. The zero-order chi connectivity index (χ0) is 21.8. The van der Waals surface area contributed by atoms with Crippen molar-refractivity contribution in [3.05, 3.63) is 71.8 Å². The van der Waals surface area contributed by atoms with E-state index in [4.69, 9.17) is 4.74 Å². The molecule has 0 saturated carbocycles. The standard InChI is InChI=1S/C23H22N4O2S2/c1-14-4-8-17(9-5-14)31-27-23-26-19-13-16(7-11-21(19)30-23)24-22(28)25-18-12-15(2)6-10-20(18)29-3/h4-13H,1-3H3,(H,26,27)(H2,24,25,28). The summed E-state index contributed by atoms with van der Waals surface area (Å²) < 4.78 is 9.64. The van der Waals surface area contributed by atoms with E-state index < -0.39 is 0 Å². The molecule has 0 aliphatic rings. The van der Waals surface area contributed by atoms with Gasteiger partial charge < -0.3 is 20.1 Å². The van der Waals surface area contributed by atoms with Gasteiger partial charge in [0.2, 0.25) is 0 Å². The van der Waals surface area contributed by atoms with Crippen LogP contribution in [-0.2, 0) is 0 Å². The van der Waals surface area contributed by atoms with Crippen LogP contribution in [0.4, 0.5) is 21.3 Å². The number of methoxy groups -OCH3 is 1. The van der Waals surface area contributed by atoms with E-state index in [-0.39, 0.29) is 6.03 Å². The predicted molar refractivity (Wildman–Crippen MR) is 131 cm³/mol. The van der Waals surface area contributed by atoms with Gasteiger partial charge in [-0.25, -0.2) is 9.78 Å². The summed E-state index contributed by atoms with van der Waals surface area (Å²) in [7, 11) is 1.58. The summed E-state index contributed by atoms with van der Waals surface area (Å²) in [6.45, 7) is 4.03. The van der Waals surface area contributed by atoms with Gasteiger partial charge in [-0.3, -0.25) is 0 Å². The number of carbonyl (C=O) groups excluding carboxylic acids is 1. The Balaban J connectivity index is 1.42. The topological polar surface area (TPSA) is 75.3 Å². The number of aromatic nitrogens is 1. The fraction of sp³-hybridized carbons (Fsp3) is 0.130. The van der Waals surface area contributed by atoms with Crippen molar-refractivity contribution in [2.45, 2.75) is 18.7 Å². The van der Waals surface area contributed by atoms with Crippen LogP contribution < -0.4 is 20.1 Å². The fourth-order valence-corrected chi connectivity index (χ4v) is 4.47. The van der Waals surface area contributed by atoms with Gasteiger partial charge in [0.1, 0.15) is 5.75 Å². The largest absolute Gasteiger partial charge is 0.495 e. The summed E-state index contributed by atoms with van der Waals surface area (Å²) in [6, 6.07) is 19.3. The minimum Gasteiger partial charge on any atom is -0.495 e. The first kappa shape index (κ1) is 21.0. The molecule has 0 radical (unpaired) electrons. The van der Waals surface area contributed by atoms with Gasteiger partial charge in [0.05, 0.1) is 23.0 Å². The van der Waals surface area contributed by atoms with Crippen LogP contribution in [-0.4, -0.2) is 18.1 Å². The van der Waals surface area contributed by atoms with E-state index in [1.165, 1.54) is 17.5 Å². The van der Waals surface area contributed by atoms with Crippen molar-refractivity contribution in [2.24, 2.45) is 0 Å². The molecule has 4 aromatic rings. The molecule has 0 atom stereocenters. The molecule has 31 heavy (non-hydrogen) atoms. The SMILES string of the molecule is COc1ccc(C)cc1NC(=O)Nc1ccc2sc(NSc3ccc(C)cc3)nc2c1. The molecule has 3 aromatic carbocycles. The van der Waals surface area contributed by atoms with E-state index in [1.54, 1.807) is 18.4 Å². The first-order valence-corrected chi connectivity index (χ1v) is 11.3. The Kier molecular flexibility index (Phi) is 6.29. The quantitative estimate of drug-likeness (QED) is 0.286. The van der Waals surface area contributed by atoms with E-state index in [2.05, 4.69) is 51.5 Å². The highest BCUT2D eigenvalue weighted by atomic mass is 32.2. The number of carbonyl (C=O) groups is 1. The fourth-order valence-electron chi connectivity index (χ4n) is 2.96. The van der Waals surface area contributed by atoms with Crippen LogP contribution in [0.1, 0.15) is 11.1 Å². The maximum atomic E-state index is 12.5. The van der Waals surface area contributed by atoms with Crippen LogP contribution in [0.25, 0.3) is 10.2 Å². The third kappa shape index (κ3) is 5.28. The second-order valence-corrected chi connectivity index (χ2v) is 8.91. The Morgan fingerprint density at radius 3 is 2.52 bits per heavy atom. The van der Waals surface area contributed by atoms with Crippen LogP contribution in [0.15, 0.2) is 65.6 Å². The van der Waals surface area contributed by atoms with Crippen molar-refractivity contribution >= 4 is 56.0 Å². The van der Waals surface area contributed by atoms with Crippen molar-refractivity contribution in [3.63, 3.8) is 0 Å². The number of hydrogen-bond donors (Lipinski definition) is 3. The van der Waals surface area contributed by atoms with E-state index in [9.17, 15) is 4.79 Å². The second kappa shape index (κ2) is 9.28. The molecule has 0 saturated heterocycles. The van der Waals surface area contributed by atoms with E-state index in [0.29, 0.717) is 17.1 Å². The van der Waals surface area contributed by atoms with E-state index in [1.807, 2.05) is 43.3 Å². The highest BCUT2D eigenvalue weighted by Gasteiger charge is 2.10. The third-order valence-corrected chi connectivity index (χ3v) is 6.41. The number of benzene rings is 3. The van der Waals surface area contributed by atoms with Crippen LogP contribution in [0, 0.1) is 13.8 Å². The number of nitrogens with zero attached hydrogens (tertiary/aromatic N) is 1. The summed E-state index contributed by atoms with van der Waals surface area (Å²) in [5.41, 5.74) is 4.37. The highest BCUT2D eigenvalue weighted by Crippen LogP contribution is 2.31. The molecule has 0 fully saturated rings. The molecule has 158 valence electrons. The van der Waals surface area contributed by atoms with Crippen molar-refractivity contribution in [1.82, 2.24) is 4.98 Å². The third-order valence-electron chi connectivity index (χ3n) is 4.53. The summed E-state index contributed by atoms with van der Waals surface area (Å²) in [6.07, 6.45) is 0. The number of aryl methyl sites for hydroxylation is 2. The number of fused-ring (bicyclic) bond motifs is 1. The number of hydrogen-bond acceptors (Lipinski definition) is 6. The predicted octanol–water partition coefficient (Wildman–Crippen LogP) is 6.68. The summed E-state index contributed by atoms with van der Waals surface area (Å²) in [4.78, 5) is 18.2. The summed E-state index contributed by atoms with van der Waals surface area (Å²) in [5.74, 6) is 0.609. The number of urea groups is 1. The molecule has 0 aliphatic carbocycles. The molecule has 8 heteroatoms. The Hall–Kier alpha value is -3.23. The lowest BCUT2D eigenvalue weighted by atomic mass is 10.2. The first-order chi connectivity index (χ1) is 15.0. The van der Waals surface area contributed by atoms with Gasteiger partial charge >= 0.3 is 6.03 Å². The maximum absolute atomic E-state index is 12.5. The minimum atomic E-state index is -0.341. The average Bonchev–Trinajstić information content (AvgIpc) is 3.15. The molecule has 1 aromatic heterocycles. The summed E-state index contributed by atoms with van der Waals surface area (Å²) >= 11 is 3.09. The van der Waals surface area contributed by atoms with Crippen LogP contribution in [0.2, 0.25) is 0 Å². The number of amides is 2. The van der Waals surface area contributed by atoms with Crippen molar-refractivity contribution in [1.29, 1.82) is 0 Å². The maximum Gasteiger partial charge on any atom is 0.323 e. The van der Waals surface area contributed by atoms with Crippen LogP contribution in [0.3, 0.4) is 0 Å². The van der Waals surface area contributed by atoms with Gasteiger partial charge in [-0.2, -0.15) is 0 Å². The number of nitrogens with one attached hydrogen (secondary N) is 3. The van der Waals surface area contributed by atoms with Gasteiger partial charge in [0.25, 0.3) is 0 Å². The number of rotatable bonds is 6. The van der Waals surface area contributed by atoms with Gasteiger partial charge in [-0.15, -0.1) is 0 Å². The zero-order valence-corrected chi connectivity index (χ0v) is 19.0. The molecule has 1 heterocycles. The molecular formula is C23H22N4O2S2. The summed E-state index contributed by atoms with van der Waals surface area (Å²) in [5, 5.41) is 6.51. The van der Waals surface area contributed by atoms with Crippen molar-refractivity contribution < 1.29 is 9.53 Å². The van der Waals surface area contributed by atoms with Crippen LogP contribution in [0.5, 0.6) is 5.75 Å². The van der Waals surface area contributed by atoms with E-state index >= 15 is 0 Å². The Bertz CT molecular complexity index is 1220. The highest BCUT2D eigenvalue weighted by molar-refractivity contribution is 8.00. The van der Waals surface area contributed by atoms with Gasteiger partial charge in [-0.1, -0.05) is 35.1 Å². The molecule has 0 bridgehead atoms. The normalized spacial score (nSPS) is 10.7. The molecule has 6 nitrogen and oxygen atoms in total. The lowest BCUT2D eigenvalue weighted by Gasteiger charge is -2.12. The molecule has 0 spiro atoms. The molecule has 3 N–H and O–H groups in total. The molecule has 0 aliphatic heterocycles. The first-order valence-electron chi connectivity index (χ1n) is 9.63. The monoisotopic (exact) mass is 450 g/mol. The number of thiazole rings is 1. The van der Waals surface area contributed by atoms with Gasteiger partial charge in [0.15, 0.2) is 5.13 Å². The molecule has 4 rings (SSSR count). The number of anilines is 3. The molecule has 2 amide bonds. The van der Waals surface area contributed by atoms with Gasteiger partial charge in [0, 0.05) is 10.6 Å². The Morgan fingerprint density at radius 2 is 1.74 bits per heavy atom. The lowest BCUT2D eigenvalue weighted by molar-refractivity contribution is 0.262. The van der Waals surface area contributed by atoms with E-state index in [0.717, 1.165) is 25.8 Å². The second-order valence-electron chi connectivity index (χ2n) is 7.00. The zero-order valence-electron chi connectivity index (χ0n) is 17.4. The lowest BCUT2D eigenvalue weighted by Crippen LogP contribution is -2.19. The Labute approximate surface area is 189 Å². The van der Waals surface area contributed by atoms with Crippen molar-refractivity contribution in [3.8, 4) is 5.75 Å². The molecular weight excluding hydrogens is 428 g/mol. The van der Waals surface area contributed by atoms with Crippen molar-refractivity contribution in [2.75, 3.05) is 22.5 Å². The average molecular weight is 451 g/mol. The number of ether oxygens (including phenoxy) is 1. The Morgan fingerprint density at radius 1 is 0.968 bits per heavy atom. The smallest absolute Gasteiger partial charge is 0.323 e.